The van der Waals surface area contributed by atoms with Crippen LogP contribution in [0.1, 0.15) is 18.4 Å². The molecule has 1 heterocycles. The molecule has 5 nitrogen and oxygen atoms in total. The van der Waals surface area contributed by atoms with E-state index in [0.29, 0.717) is 19.0 Å². The van der Waals surface area contributed by atoms with Crippen LogP contribution in [0, 0.1) is 34.4 Å². The maximum atomic E-state index is 13.0. The number of nitrogens with one attached hydrogen (secondary N) is 2. The summed E-state index contributed by atoms with van der Waals surface area (Å²) < 4.78 is 13.0. The lowest BCUT2D eigenvalue weighted by atomic mass is 9.95. The van der Waals surface area contributed by atoms with Gasteiger partial charge in [0.2, 0.25) is 5.54 Å². The number of benzene rings is 1. The monoisotopic (exact) mass is 329 g/mol. The number of piperidine rings is 1. The van der Waals surface area contributed by atoms with E-state index in [1.165, 1.54) is 12.1 Å². The first kappa shape index (κ1) is 18.4. The molecular weight excluding hydrogens is 305 g/mol. The molecule has 0 aromatic heterocycles. The van der Waals surface area contributed by atoms with Crippen molar-refractivity contribution >= 4 is 0 Å². The highest BCUT2D eigenvalue weighted by molar-refractivity contribution is 5.23. The predicted octanol–water partition coefficient (Wildman–Crippen LogP) is 1.63. The minimum absolute atomic E-state index is 0.214. The van der Waals surface area contributed by atoms with Crippen LogP contribution in [-0.2, 0) is 6.54 Å². The predicted molar refractivity (Wildman–Crippen MR) is 90.3 cm³/mol. The SMILES string of the molecule is CNCC(C#N)(C#N)NCC1CCCN(Cc2ccc(F)cc2)C1. The smallest absolute Gasteiger partial charge is 0.206 e. The third-order valence-corrected chi connectivity index (χ3v) is 4.44. The van der Waals surface area contributed by atoms with Gasteiger partial charge >= 0.3 is 0 Å². The first-order valence-electron chi connectivity index (χ1n) is 8.30. The van der Waals surface area contributed by atoms with E-state index in [1.807, 2.05) is 12.1 Å². The summed E-state index contributed by atoms with van der Waals surface area (Å²) >= 11 is 0. The van der Waals surface area contributed by atoms with Gasteiger partial charge in [0.1, 0.15) is 18.0 Å². The van der Waals surface area contributed by atoms with Crippen LogP contribution < -0.4 is 10.6 Å². The first-order chi connectivity index (χ1) is 11.6. The van der Waals surface area contributed by atoms with Crippen LogP contribution in [-0.4, -0.2) is 43.7 Å². The van der Waals surface area contributed by atoms with Crippen LogP contribution in [0.4, 0.5) is 4.39 Å². The van der Waals surface area contributed by atoms with Crippen LogP contribution in [0.15, 0.2) is 24.3 Å². The molecule has 0 saturated carbocycles. The topological polar surface area (TPSA) is 74.9 Å². The summed E-state index contributed by atoms with van der Waals surface area (Å²) in [6.07, 6.45) is 2.17. The molecule has 2 N–H and O–H groups in total. The lowest BCUT2D eigenvalue weighted by Gasteiger charge is -2.34. The molecule has 0 spiro atoms. The number of likely N-dealkylation sites (N-methyl/N-ethyl adjacent to an activating group) is 1. The largest absolute Gasteiger partial charge is 0.316 e. The molecule has 0 bridgehead atoms. The second kappa shape index (κ2) is 8.75. The molecule has 2 rings (SSSR count). The Hall–Kier alpha value is -1.99. The minimum Gasteiger partial charge on any atom is -0.316 e. The van der Waals surface area contributed by atoms with E-state index < -0.39 is 5.54 Å². The Balaban J connectivity index is 1.88. The lowest BCUT2D eigenvalue weighted by Crippen LogP contribution is -2.52. The lowest BCUT2D eigenvalue weighted by molar-refractivity contribution is 0.162. The molecule has 0 radical (unpaired) electrons. The van der Waals surface area contributed by atoms with Gasteiger partial charge < -0.3 is 5.32 Å². The zero-order valence-electron chi connectivity index (χ0n) is 14.1. The Labute approximate surface area is 143 Å². The molecule has 128 valence electrons. The summed E-state index contributed by atoms with van der Waals surface area (Å²) in [4.78, 5) is 2.35. The van der Waals surface area contributed by atoms with E-state index >= 15 is 0 Å². The first-order valence-corrected chi connectivity index (χ1v) is 8.30. The molecule has 0 aliphatic carbocycles. The number of halogens is 1. The maximum Gasteiger partial charge on any atom is 0.206 e. The molecule has 24 heavy (non-hydrogen) atoms. The average Bonchev–Trinajstić information content (AvgIpc) is 2.61. The quantitative estimate of drug-likeness (QED) is 0.795. The number of hydrogen-bond donors (Lipinski definition) is 2. The van der Waals surface area contributed by atoms with Crippen LogP contribution in [0.3, 0.4) is 0 Å². The normalized spacial score (nSPS) is 18.8. The van der Waals surface area contributed by atoms with Gasteiger partial charge in [-0.3, -0.25) is 10.2 Å². The number of hydrogen-bond acceptors (Lipinski definition) is 5. The summed E-state index contributed by atoms with van der Waals surface area (Å²) in [5, 5.41) is 24.6. The molecule has 1 saturated heterocycles. The van der Waals surface area contributed by atoms with E-state index in [4.69, 9.17) is 0 Å². The highest BCUT2D eigenvalue weighted by Crippen LogP contribution is 2.19. The van der Waals surface area contributed by atoms with Crippen molar-refractivity contribution in [2.45, 2.75) is 24.9 Å². The molecule has 1 unspecified atom stereocenters. The molecule has 1 atom stereocenters. The third kappa shape index (κ3) is 5.01. The van der Waals surface area contributed by atoms with Gasteiger partial charge in [-0.1, -0.05) is 12.1 Å². The van der Waals surface area contributed by atoms with Gasteiger partial charge in [0, 0.05) is 26.2 Å². The van der Waals surface area contributed by atoms with Crippen LogP contribution >= 0.6 is 0 Å². The summed E-state index contributed by atoms with van der Waals surface area (Å²) in [6, 6.07) is 10.8. The van der Waals surface area contributed by atoms with E-state index in [-0.39, 0.29) is 5.82 Å². The number of rotatable bonds is 7. The highest BCUT2D eigenvalue weighted by Gasteiger charge is 2.30. The molecule has 1 aromatic carbocycles. The van der Waals surface area contributed by atoms with Gasteiger partial charge in [-0.05, 0) is 50.0 Å². The summed E-state index contributed by atoms with van der Waals surface area (Å²) in [7, 11) is 1.73. The average molecular weight is 329 g/mol. The summed E-state index contributed by atoms with van der Waals surface area (Å²) in [6.45, 7) is 3.67. The third-order valence-electron chi connectivity index (χ3n) is 4.44. The van der Waals surface area contributed by atoms with Gasteiger partial charge in [-0.2, -0.15) is 10.5 Å². The minimum atomic E-state index is -1.17. The zero-order chi connectivity index (χ0) is 17.4. The molecule has 0 amide bonds. The van der Waals surface area contributed by atoms with E-state index in [0.717, 1.165) is 38.0 Å². The van der Waals surface area contributed by atoms with Gasteiger partial charge in [0.15, 0.2) is 0 Å². The van der Waals surface area contributed by atoms with Gasteiger partial charge in [-0.15, -0.1) is 0 Å². The van der Waals surface area contributed by atoms with E-state index in [2.05, 4.69) is 27.7 Å². The highest BCUT2D eigenvalue weighted by atomic mass is 19.1. The Morgan fingerprint density at radius 3 is 2.62 bits per heavy atom. The Kier molecular flexibility index (Phi) is 6.69. The molecule has 1 aliphatic rings. The van der Waals surface area contributed by atoms with Crippen LogP contribution in [0.5, 0.6) is 0 Å². The second-order valence-electron chi connectivity index (χ2n) is 6.41. The van der Waals surface area contributed by atoms with Crippen molar-refractivity contribution in [3.8, 4) is 12.1 Å². The number of nitriles is 2. The fraction of sp³-hybridized carbons (Fsp3) is 0.556. The summed E-state index contributed by atoms with van der Waals surface area (Å²) in [5.41, 5.74) is -0.0721. The van der Waals surface area contributed by atoms with Gasteiger partial charge in [0.25, 0.3) is 0 Å². The van der Waals surface area contributed by atoms with Gasteiger partial charge in [0.05, 0.1) is 0 Å². The fourth-order valence-electron chi connectivity index (χ4n) is 3.14. The molecular formula is C18H24FN5. The molecule has 1 fully saturated rings. The summed E-state index contributed by atoms with van der Waals surface area (Å²) in [5.74, 6) is 0.186. The number of nitrogens with zero attached hydrogens (tertiary/aromatic N) is 3. The second-order valence-corrected chi connectivity index (χ2v) is 6.41. The Bertz CT molecular complexity index is 587. The molecule has 6 heteroatoms. The van der Waals surface area contributed by atoms with Crippen molar-refractivity contribution in [3.05, 3.63) is 35.6 Å². The van der Waals surface area contributed by atoms with Crippen molar-refractivity contribution in [1.82, 2.24) is 15.5 Å². The Morgan fingerprint density at radius 2 is 2.00 bits per heavy atom. The fourth-order valence-corrected chi connectivity index (χ4v) is 3.14. The van der Waals surface area contributed by atoms with E-state index in [9.17, 15) is 14.9 Å². The Morgan fingerprint density at radius 1 is 1.29 bits per heavy atom. The van der Waals surface area contributed by atoms with Gasteiger partial charge in [-0.25, -0.2) is 4.39 Å². The van der Waals surface area contributed by atoms with Crippen molar-refractivity contribution in [2.75, 3.05) is 33.2 Å². The standard InChI is InChI=1S/C18H24FN5/c1-22-14-18(12-20,13-21)23-9-16-3-2-8-24(11-16)10-15-4-6-17(19)7-5-15/h4-7,16,22-23H,2-3,8-11,14H2,1H3. The van der Waals surface area contributed by atoms with Crippen LogP contribution in [0.2, 0.25) is 0 Å². The van der Waals surface area contributed by atoms with Crippen molar-refractivity contribution in [2.24, 2.45) is 5.92 Å². The number of likely N-dealkylation sites (tertiary alicyclic amines) is 1. The van der Waals surface area contributed by atoms with Crippen molar-refractivity contribution < 1.29 is 4.39 Å². The zero-order valence-corrected chi connectivity index (χ0v) is 14.1. The van der Waals surface area contributed by atoms with Crippen LogP contribution in [0.25, 0.3) is 0 Å². The maximum absolute atomic E-state index is 13.0. The molecule has 1 aromatic rings. The van der Waals surface area contributed by atoms with Crippen molar-refractivity contribution in [3.63, 3.8) is 0 Å². The van der Waals surface area contributed by atoms with Crippen molar-refractivity contribution in [1.29, 1.82) is 10.5 Å². The van der Waals surface area contributed by atoms with E-state index in [1.54, 1.807) is 7.05 Å². The molecule has 1 aliphatic heterocycles.